The number of hydrogen-bond acceptors (Lipinski definition) is 5. The number of benzene rings is 2. The van der Waals surface area contributed by atoms with Crippen molar-refractivity contribution in [3.63, 3.8) is 0 Å². The van der Waals surface area contributed by atoms with E-state index in [9.17, 15) is 0 Å². The first-order valence-electron chi connectivity index (χ1n) is 16.8. The monoisotopic (exact) mass is 564 g/mol. The van der Waals surface area contributed by atoms with Gasteiger partial charge in [-0.05, 0) is 61.1 Å². The molecule has 0 aliphatic carbocycles. The molecule has 2 unspecified atom stereocenters. The maximum atomic E-state index is 6.50. The van der Waals surface area contributed by atoms with Gasteiger partial charge >= 0.3 is 0 Å². The fraction of sp³-hybridized carbons (Fsp3) is 0.667. The van der Waals surface area contributed by atoms with E-state index in [4.69, 9.17) is 23.4 Å². The van der Waals surface area contributed by atoms with Crippen molar-refractivity contribution in [3.8, 4) is 11.5 Å². The summed E-state index contributed by atoms with van der Waals surface area (Å²) in [5.74, 6) is 1.95. The molecule has 5 heteroatoms. The molecule has 0 spiro atoms. The van der Waals surface area contributed by atoms with Gasteiger partial charge in [-0.3, -0.25) is 0 Å². The van der Waals surface area contributed by atoms with E-state index in [0.717, 1.165) is 59.5 Å². The molecule has 0 amide bonds. The van der Waals surface area contributed by atoms with Gasteiger partial charge < -0.3 is 23.4 Å². The van der Waals surface area contributed by atoms with Gasteiger partial charge in [0, 0.05) is 10.8 Å². The van der Waals surface area contributed by atoms with Crippen LogP contribution in [0.25, 0.3) is 21.9 Å². The highest BCUT2D eigenvalue weighted by Gasteiger charge is 2.25. The molecule has 3 aromatic rings. The second-order valence-electron chi connectivity index (χ2n) is 12.3. The average Bonchev–Trinajstić information content (AvgIpc) is 3.92. The molecule has 226 valence electrons. The van der Waals surface area contributed by atoms with Crippen LogP contribution in [0.15, 0.2) is 28.7 Å². The van der Waals surface area contributed by atoms with E-state index in [-0.39, 0.29) is 12.2 Å². The average molecular weight is 565 g/mol. The first kappa shape index (κ1) is 30.2. The summed E-state index contributed by atoms with van der Waals surface area (Å²) in [6, 6.07) is 8.85. The van der Waals surface area contributed by atoms with Gasteiger partial charge in [0.25, 0.3) is 0 Å². The van der Waals surface area contributed by atoms with E-state index in [2.05, 4.69) is 38.1 Å². The maximum Gasteiger partial charge on any atom is 0.135 e. The van der Waals surface area contributed by atoms with E-state index in [1.54, 1.807) is 0 Å². The molecule has 1 aromatic heterocycles. The standard InChI is InChI=1S/C36H52O5/c1-3-5-7-9-11-13-15-17-27-19-35-31(21-33(27)39-25-29-23-37-29)32-22-34(40-26-30-24-38-30)28(20-36(32)41-35)18-16-14-12-10-8-6-4-2/h19-22,29-30H,3-18,23-26H2,1-2H3. The molecule has 2 aliphatic rings. The van der Waals surface area contributed by atoms with Crippen LogP contribution in [0, 0.1) is 0 Å². The zero-order valence-corrected chi connectivity index (χ0v) is 25.6. The van der Waals surface area contributed by atoms with Crippen molar-refractivity contribution in [1.82, 2.24) is 0 Å². The number of fused-ring (bicyclic) bond motifs is 3. The number of aryl methyl sites for hydroxylation is 2. The van der Waals surface area contributed by atoms with Crippen molar-refractivity contribution in [2.24, 2.45) is 0 Å². The summed E-state index contributed by atoms with van der Waals surface area (Å²) in [6.45, 7) is 7.38. The normalized spacial score (nSPS) is 17.9. The Bertz CT molecular complexity index is 1110. The summed E-state index contributed by atoms with van der Waals surface area (Å²) in [5, 5.41) is 2.20. The lowest BCUT2D eigenvalue weighted by Crippen LogP contribution is -2.06. The van der Waals surface area contributed by atoms with Crippen LogP contribution in [-0.2, 0) is 22.3 Å². The first-order valence-corrected chi connectivity index (χ1v) is 16.8. The molecule has 2 atom stereocenters. The first-order chi connectivity index (χ1) is 20.2. The van der Waals surface area contributed by atoms with Gasteiger partial charge in [0.05, 0.1) is 13.2 Å². The van der Waals surface area contributed by atoms with Crippen LogP contribution < -0.4 is 9.47 Å². The second-order valence-corrected chi connectivity index (χ2v) is 12.3. The van der Waals surface area contributed by atoms with Crippen molar-refractivity contribution in [1.29, 1.82) is 0 Å². The number of furan rings is 1. The van der Waals surface area contributed by atoms with E-state index < -0.39 is 0 Å². The second kappa shape index (κ2) is 15.8. The van der Waals surface area contributed by atoms with Crippen LogP contribution in [-0.4, -0.2) is 38.6 Å². The maximum absolute atomic E-state index is 6.50. The zero-order chi connectivity index (χ0) is 28.3. The lowest BCUT2D eigenvalue weighted by molar-refractivity contribution is 0.261. The number of unbranched alkanes of at least 4 members (excludes halogenated alkanes) is 12. The van der Waals surface area contributed by atoms with Crippen LogP contribution in [0.2, 0.25) is 0 Å². The van der Waals surface area contributed by atoms with Crippen molar-refractivity contribution in [2.45, 2.75) is 129 Å². The highest BCUT2D eigenvalue weighted by Crippen LogP contribution is 2.38. The van der Waals surface area contributed by atoms with Crippen LogP contribution in [0.4, 0.5) is 0 Å². The largest absolute Gasteiger partial charge is 0.490 e. The molecule has 0 bridgehead atoms. The highest BCUT2D eigenvalue weighted by atomic mass is 16.6. The third-order valence-electron chi connectivity index (χ3n) is 8.59. The molecule has 3 heterocycles. The van der Waals surface area contributed by atoms with Crippen molar-refractivity contribution in [2.75, 3.05) is 26.4 Å². The minimum absolute atomic E-state index is 0.233. The van der Waals surface area contributed by atoms with Crippen LogP contribution in [0.3, 0.4) is 0 Å². The Morgan fingerprint density at radius 2 is 0.951 bits per heavy atom. The van der Waals surface area contributed by atoms with Crippen molar-refractivity contribution in [3.05, 3.63) is 35.4 Å². The molecule has 5 nitrogen and oxygen atoms in total. The van der Waals surface area contributed by atoms with Gasteiger partial charge in [-0.1, -0.05) is 90.9 Å². The van der Waals surface area contributed by atoms with Gasteiger partial charge in [0.2, 0.25) is 0 Å². The smallest absolute Gasteiger partial charge is 0.135 e. The highest BCUT2D eigenvalue weighted by molar-refractivity contribution is 6.06. The van der Waals surface area contributed by atoms with E-state index in [1.807, 2.05) is 0 Å². The summed E-state index contributed by atoms with van der Waals surface area (Å²) in [7, 11) is 0. The third kappa shape index (κ3) is 9.38. The Balaban J connectivity index is 1.32. The number of ether oxygens (including phenoxy) is 4. The van der Waals surface area contributed by atoms with Gasteiger partial charge in [-0.15, -0.1) is 0 Å². The number of epoxide rings is 2. The molecule has 41 heavy (non-hydrogen) atoms. The predicted molar refractivity (Wildman–Crippen MR) is 168 cm³/mol. The molecule has 2 fully saturated rings. The minimum atomic E-state index is 0.233. The van der Waals surface area contributed by atoms with E-state index in [0.29, 0.717) is 13.2 Å². The Morgan fingerprint density at radius 3 is 1.34 bits per heavy atom. The van der Waals surface area contributed by atoms with Gasteiger partial charge in [0.1, 0.15) is 48.1 Å². The summed E-state index contributed by atoms with van der Waals surface area (Å²) in [4.78, 5) is 0. The molecule has 2 saturated heterocycles. The van der Waals surface area contributed by atoms with Crippen LogP contribution >= 0.6 is 0 Å². The Hall–Kier alpha value is -2.24. The van der Waals surface area contributed by atoms with Gasteiger partial charge in [-0.2, -0.15) is 0 Å². The summed E-state index contributed by atoms with van der Waals surface area (Å²) >= 11 is 0. The third-order valence-corrected chi connectivity index (χ3v) is 8.59. The molecule has 2 aliphatic heterocycles. The molecule has 2 aromatic carbocycles. The number of rotatable bonds is 22. The summed E-state index contributed by atoms with van der Waals surface area (Å²) in [6.07, 6.45) is 20.7. The Morgan fingerprint density at radius 1 is 0.561 bits per heavy atom. The Labute approximate surface area is 247 Å². The lowest BCUT2D eigenvalue weighted by atomic mass is 10.0. The Kier molecular flexibility index (Phi) is 11.7. The summed E-state index contributed by atoms with van der Waals surface area (Å²) < 4.78 is 30.0. The number of hydrogen-bond donors (Lipinski definition) is 0. The molecular weight excluding hydrogens is 512 g/mol. The zero-order valence-electron chi connectivity index (χ0n) is 25.6. The SMILES string of the molecule is CCCCCCCCCc1cc2oc3cc(CCCCCCCCC)c(OCC4CO4)cc3c2cc1OCC1CO1. The molecular formula is C36H52O5. The van der Waals surface area contributed by atoms with Gasteiger partial charge in [0.15, 0.2) is 0 Å². The topological polar surface area (TPSA) is 56.7 Å². The van der Waals surface area contributed by atoms with Crippen molar-refractivity contribution < 1.29 is 23.4 Å². The molecule has 5 rings (SSSR count). The van der Waals surface area contributed by atoms with E-state index >= 15 is 0 Å². The fourth-order valence-electron chi connectivity index (χ4n) is 5.81. The lowest BCUT2D eigenvalue weighted by Gasteiger charge is -2.12. The van der Waals surface area contributed by atoms with Crippen molar-refractivity contribution >= 4 is 21.9 Å². The van der Waals surface area contributed by atoms with Gasteiger partial charge in [-0.25, -0.2) is 0 Å². The van der Waals surface area contributed by atoms with Crippen LogP contribution in [0.1, 0.15) is 115 Å². The molecule has 0 radical (unpaired) electrons. The predicted octanol–water partition coefficient (Wildman–Crippen LogP) is 9.73. The molecule has 0 N–H and O–H groups in total. The molecule has 0 saturated carbocycles. The summed E-state index contributed by atoms with van der Waals surface area (Å²) in [5.41, 5.74) is 4.38. The quantitative estimate of drug-likeness (QED) is 0.0898. The van der Waals surface area contributed by atoms with Crippen LogP contribution in [0.5, 0.6) is 11.5 Å². The fourth-order valence-corrected chi connectivity index (χ4v) is 5.81. The minimum Gasteiger partial charge on any atom is -0.490 e. The van der Waals surface area contributed by atoms with E-state index in [1.165, 1.54) is 101 Å².